The van der Waals surface area contributed by atoms with E-state index in [-0.39, 0.29) is 17.1 Å². The van der Waals surface area contributed by atoms with Gasteiger partial charge in [0.1, 0.15) is 10.8 Å². The topological polar surface area (TPSA) is 85.8 Å². The minimum absolute atomic E-state index is 0.205. The molecule has 0 atom stereocenters. The third-order valence-corrected chi connectivity index (χ3v) is 7.98. The predicted molar refractivity (Wildman–Crippen MR) is 108 cm³/mol. The highest BCUT2D eigenvalue weighted by Crippen LogP contribution is 2.61. The number of carbonyl (C=O) groups excluding carboxylic acids is 1. The summed E-state index contributed by atoms with van der Waals surface area (Å²) in [7, 11) is 0. The Morgan fingerprint density at radius 2 is 1.93 bits per heavy atom. The Bertz CT molecular complexity index is 1000. The van der Waals surface area contributed by atoms with Crippen molar-refractivity contribution in [3.63, 3.8) is 0 Å². The second-order valence-corrected chi connectivity index (χ2v) is 10.0. The standard InChI is InChI=1S/C21H23N5O2S/c27-18(17-3-2-16(28-17)12-26-5-1-4-22-26)23-20-25-24-19(29-20)21-9-13-6-14(10-21)8-15(7-13)11-21/h1-5,13-15H,6-12H2,(H,23,25,27). The predicted octanol–water partition coefficient (Wildman–Crippen LogP) is 4.10. The van der Waals surface area contributed by atoms with Crippen molar-refractivity contribution < 1.29 is 9.21 Å². The first kappa shape index (κ1) is 17.4. The summed E-state index contributed by atoms with van der Waals surface area (Å²) in [5.41, 5.74) is 0.205. The highest BCUT2D eigenvalue weighted by molar-refractivity contribution is 7.15. The molecule has 1 amide bonds. The summed E-state index contributed by atoms with van der Waals surface area (Å²) >= 11 is 1.54. The van der Waals surface area contributed by atoms with Gasteiger partial charge in [-0.1, -0.05) is 11.3 Å². The maximum Gasteiger partial charge on any atom is 0.293 e. The molecule has 3 heterocycles. The van der Waals surface area contributed by atoms with Gasteiger partial charge in [0.2, 0.25) is 5.13 Å². The molecular formula is C21H23N5O2S. The average molecular weight is 410 g/mol. The Balaban J connectivity index is 1.16. The summed E-state index contributed by atoms with van der Waals surface area (Å²) in [4.78, 5) is 12.6. The molecule has 4 aliphatic rings. The number of amides is 1. The third kappa shape index (κ3) is 3.10. The van der Waals surface area contributed by atoms with Gasteiger partial charge in [0.15, 0.2) is 5.76 Å². The quantitative estimate of drug-likeness (QED) is 0.686. The fourth-order valence-electron chi connectivity index (χ4n) is 6.16. The van der Waals surface area contributed by atoms with Gasteiger partial charge >= 0.3 is 0 Å². The van der Waals surface area contributed by atoms with Crippen LogP contribution in [0.5, 0.6) is 0 Å². The van der Waals surface area contributed by atoms with Crippen molar-refractivity contribution >= 4 is 22.4 Å². The normalized spacial score (nSPS) is 30.0. The van der Waals surface area contributed by atoms with Crippen molar-refractivity contribution in [3.05, 3.63) is 47.1 Å². The van der Waals surface area contributed by atoms with Crippen molar-refractivity contribution in [2.75, 3.05) is 5.32 Å². The molecule has 0 aliphatic heterocycles. The van der Waals surface area contributed by atoms with Crippen molar-refractivity contribution in [2.45, 2.75) is 50.5 Å². The van der Waals surface area contributed by atoms with E-state index in [1.54, 1.807) is 34.3 Å². The number of nitrogens with one attached hydrogen (secondary N) is 1. The summed E-state index contributed by atoms with van der Waals surface area (Å²) in [5, 5.41) is 17.5. The molecule has 8 heteroatoms. The third-order valence-electron chi connectivity index (χ3n) is 6.90. The number of nitrogens with zero attached hydrogens (tertiary/aromatic N) is 4. The van der Waals surface area contributed by atoms with Crippen LogP contribution in [0.15, 0.2) is 35.0 Å². The molecule has 4 aliphatic carbocycles. The van der Waals surface area contributed by atoms with E-state index in [4.69, 9.17) is 4.42 Å². The molecule has 1 N–H and O–H groups in total. The molecule has 0 radical (unpaired) electrons. The van der Waals surface area contributed by atoms with Gasteiger partial charge in [-0.15, -0.1) is 10.2 Å². The van der Waals surface area contributed by atoms with Crippen LogP contribution in [0.1, 0.15) is 59.8 Å². The number of furan rings is 1. The first-order valence-corrected chi connectivity index (χ1v) is 11.2. The summed E-state index contributed by atoms with van der Waals surface area (Å²) in [6.45, 7) is 0.495. The van der Waals surface area contributed by atoms with E-state index >= 15 is 0 Å². The number of carbonyl (C=O) groups is 1. The van der Waals surface area contributed by atoms with Crippen LogP contribution in [-0.2, 0) is 12.0 Å². The maximum absolute atomic E-state index is 12.6. The van der Waals surface area contributed by atoms with E-state index in [1.165, 1.54) is 38.5 Å². The van der Waals surface area contributed by atoms with Gasteiger partial charge in [-0.25, -0.2) is 0 Å². The number of anilines is 1. The highest BCUT2D eigenvalue weighted by atomic mass is 32.1. The molecule has 29 heavy (non-hydrogen) atoms. The van der Waals surface area contributed by atoms with Gasteiger partial charge in [-0.2, -0.15) is 5.10 Å². The molecule has 0 saturated heterocycles. The molecule has 4 fully saturated rings. The van der Waals surface area contributed by atoms with E-state index in [1.807, 2.05) is 12.3 Å². The van der Waals surface area contributed by atoms with Crippen molar-refractivity contribution in [1.82, 2.24) is 20.0 Å². The molecule has 3 aromatic rings. The first-order valence-electron chi connectivity index (χ1n) is 10.4. The Kier molecular flexibility index (Phi) is 3.91. The molecule has 7 rings (SSSR count). The molecule has 4 bridgehead atoms. The zero-order valence-electron chi connectivity index (χ0n) is 16.1. The van der Waals surface area contributed by atoms with E-state index in [0.29, 0.717) is 17.4 Å². The van der Waals surface area contributed by atoms with Crippen molar-refractivity contribution in [3.8, 4) is 0 Å². The van der Waals surface area contributed by atoms with Gasteiger partial charge in [0.25, 0.3) is 5.91 Å². The zero-order valence-corrected chi connectivity index (χ0v) is 16.9. The molecule has 4 saturated carbocycles. The van der Waals surface area contributed by atoms with E-state index < -0.39 is 0 Å². The van der Waals surface area contributed by atoms with Crippen molar-refractivity contribution in [2.24, 2.45) is 17.8 Å². The zero-order chi connectivity index (χ0) is 19.4. The molecule has 0 unspecified atom stereocenters. The summed E-state index contributed by atoms with van der Waals surface area (Å²) < 4.78 is 7.43. The molecule has 7 nitrogen and oxygen atoms in total. The number of hydrogen-bond acceptors (Lipinski definition) is 6. The monoisotopic (exact) mass is 409 g/mol. The van der Waals surface area contributed by atoms with Gasteiger partial charge < -0.3 is 4.42 Å². The molecule has 3 aromatic heterocycles. The number of aromatic nitrogens is 4. The van der Waals surface area contributed by atoms with Gasteiger partial charge in [0, 0.05) is 17.8 Å². The van der Waals surface area contributed by atoms with E-state index in [9.17, 15) is 4.79 Å². The summed E-state index contributed by atoms with van der Waals surface area (Å²) in [6.07, 6.45) is 11.5. The molecule has 150 valence electrons. The lowest BCUT2D eigenvalue weighted by atomic mass is 9.50. The minimum atomic E-state index is -0.287. The van der Waals surface area contributed by atoms with Crippen LogP contribution in [-0.4, -0.2) is 25.9 Å². The van der Waals surface area contributed by atoms with Crippen LogP contribution in [0.2, 0.25) is 0 Å². The number of hydrogen-bond donors (Lipinski definition) is 1. The average Bonchev–Trinajstić information content (AvgIpc) is 3.43. The Hall–Kier alpha value is -2.48. The smallest absolute Gasteiger partial charge is 0.293 e. The maximum atomic E-state index is 12.6. The largest absolute Gasteiger partial charge is 0.454 e. The Morgan fingerprint density at radius 1 is 1.17 bits per heavy atom. The van der Waals surface area contributed by atoms with Gasteiger partial charge in [-0.05, 0) is 74.5 Å². The summed E-state index contributed by atoms with van der Waals surface area (Å²) in [6, 6.07) is 5.35. The molecule has 0 aromatic carbocycles. The molecule has 0 spiro atoms. The lowest BCUT2D eigenvalue weighted by Gasteiger charge is -2.55. The van der Waals surface area contributed by atoms with Gasteiger partial charge in [-0.3, -0.25) is 14.8 Å². The number of rotatable bonds is 5. The first-order chi connectivity index (χ1) is 14.1. The van der Waals surface area contributed by atoms with Crippen LogP contribution in [0, 0.1) is 17.8 Å². The lowest BCUT2D eigenvalue weighted by molar-refractivity contribution is -0.00555. The fraction of sp³-hybridized carbons (Fsp3) is 0.524. The second kappa shape index (κ2) is 6.52. The molecular weight excluding hydrogens is 386 g/mol. The van der Waals surface area contributed by atoms with Crippen molar-refractivity contribution in [1.29, 1.82) is 0 Å². The van der Waals surface area contributed by atoms with E-state index in [2.05, 4.69) is 20.6 Å². The van der Waals surface area contributed by atoms with Crippen LogP contribution in [0.25, 0.3) is 0 Å². The minimum Gasteiger partial charge on any atom is -0.454 e. The Labute approximate surface area is 172 Å². The van der Waals surface area contributed by atoms with Crippen LogP contribution in [0.4, 0.5) is 5.13 Å². The van der Waals surface area contributed by atoms with Crippen LogP contribution >= 0.6 is 11.3 Å². The fourth-order valence-corrected chi connectivity index (χ4v) is 7.11. The Morgan fingerprint density at radius 3 is 2.62 bits per heavy atom. The summed E-state index contributed by atoms with van der Waals surface area (Å²) in [5.74, 6) is 3.26. The van der Waals surface area contributed by atoms with Crippen LogP contribution < -0.4 is 5.32 Å². The van der Waals surface area contributed by atoms with Crippen LogP contribution in [0.3, 0.4) is 0 Å². The highest BCUT2D eigenvalue weighted by Gasteiger charge is 2.53. The lowest BCUT2D eigenvalue weighted by Crippen LogP contribution is -2.48. The second-order valence-electron chi connectivity index (χ2n) is 9.03. The SMILES string of the molecule is O=C(Nc1nnc(C23CC4CC(CC(C4)C2)C3)s1)c1ccc(Cn2cccn2)o1. The van der Waals surface area contributed by atoms with E-state index in [0.717, 1.165) is 22.8 Å². The van der Waals surface area contributed by atoms with Gasteiger partial charge in [0.05, 0.1) is 6.54 Å².